The first-order valence-electron chi connectivity index (χ1n) is 7.90. The highest BCUT2D eigenvalue weighted by atomic mass is 35.5. The zero-order valence-electron chi connectivity index (χ0n) is 14.1. The van der Waals surface area contributed by atoms with Crippen molar-refractivity contribution >= 4 is 17.6 Å². The molecule has 0 radical (unpaired) electrons. The number of rotatable bonds is 5. The Bertz CT molecular complexity index is 788. The van der Waals surface area contributed by atoms with Gasteiger partial charge in [0.2, 0.25) is 0 Å². The SMILES string of the molecule is Cc1ccc(OCC(=O)OCc2cc(Cl)cc3c2OCOC3)c(C)c1. The standard InChI is InChI=1S/C19H19ClO5/c1-12-3-4-17(13(2)5-12)23-10-18(21)24-9-15-7-16(20)6-14-8-22-11-25-19(14)15/h3-7H,8-11H2,1-2H3. The third-order valence-electron chi connectivity index (χ3n) is 3.82. The van der Waals surface area contributed by atoms with Crippen molar-refractivity contribution in [1.29, 1.82) is 0 Å². The third-order valence-corrected chi connectivity index (χ3v) is 4.03. The lowest BCUT2D eigenvalue weighted by Crippen LogP contribution is -2.17. The summed E-state index contributed by atoms with van der Waals surface area (Å²) in [7, 11) is 0. The molecule has 2 aromatic carbocycles. The van der Waals surface area contributed by atoms with E-state index in [-0.39, 0.29) is 20.0 Å². The molecule has 0 N–H and O–H groups in total. The molecule has 0 saturated heterocycles. The fourth-order valence-corrected chi connectivity index (χ4v) is 2.93. The van der Waals surface area contributed by atoms with Gasteiger partial charge in [0.05, 0.1) is 6.61 Å². The molecule has 3 rings (SSSR count). The largest absolute Gasteiger partial charge is 0.482 e. The van der Waals surface area contributed by atoms with Crippen LogP contribution in [-0.4, -0.2) is 19.4 Å². The van der Waals surface area contributed by atoms with Crippen molar-refractivity contribution in [2.45, 2.75) is 27.1 Å². The Morgan fingerprint density at radius 2 is 2.08 bits per heavy atom. The third kappa shape index (κ3) is 4.44. The Balaban J connectivity index is 1.58. The summed E-state index contributed by atoms with van der Waals surface area (Å²) >= 11 is 6.09. The van der Waals surface area contributed by atoms with Gasteiger partial charge in [-0.15, -0.1) is 0 Å². The molecule has 132 valence electrons. The molecular weight excluding hydrogens is 344 g/mol. The van der Waals surface area contributed by atoms with E-state index in [1.54, 1.807) is 12.1 Å². The minimum Gasteiger partial charge on any atom is -0.482 e. The van der Waals surface area contributed by atoms with Crippen molar-refractivity contribution in [3.05, 3.63) is 57.6 Å². The molecule has 0 unspecified atom stereocenters. The van der Waals surface area contributed by atoms with Crippen molar-refractivity contribution in [3.8, 4) is 11.5 Å². The second kappa shape index (κ2) is 7.76. The molecule has 0 fully saturated rings. The number of aryl methyl sites for hydroxylation is 2. The first-order chi connectivity index (χ1) is 12.0. The maximum atomic E-state index is 12.0. The van der Waals surface area contributed by atoms with Gasteiger partial charge in [0, 0.05) is 16.1 Å². The summed E-state index contributed by atoms with van der Waals surface area (Å²) in [4.78, 5) is 12.0. The molecule has 1 heterocycles. The van der Waals surface area contributed by atoms with Crippen molar-refractivity contribution in [3.63, 3.8) is 0 Å². The second-order valence-corrected chi connectivity index (χ2v) is 6.32. The van der Waals surface area contributed by atoms with Gasteiger partial charge in [-0.05, 0) is 37.6 Å². The Labute approximate surface area is 151 Å². The van der Waals surface area contributed by atoms with Crippen LogP contribution in [0, 0.1) is 13.8 Å². The Hall–Kier alpha value is -2.24. The van der Waals surface area contributed by atoms with Crippen LogP contribution in [0.2, 0.25) is 5.02 Å². The van der Waals surface area contributed by atoms with Crippen LogP contribution >= 0.6 is 11.6 Å². The lowest BCUT2D eigenvalue weighted by atomic mass is 10.1. The maximum Gasteiger partial charge on any atom is 0.344 e. The van der Waals surface area contributed by atoms with Crippen LogP contribution in [0.5, 0.6) is 11.5 Å². The van der Waals surface area contributed by atoms with Gasteiger partial charge in [-0.2, -0.15) is 0 Å². The normalized spacial score (nSPS) is 12.9. The molecule has 1 aliphatic rings. The van der Waals surface area contributed by atoms with Crippen molar-refractivity contribution in [2.75, 3.05) is 13.4 Å². The summed E-state index contributed by atoms with van der Waals surface area (Å²) in [6.07, 6.45) is 0. The van der Waals surface area contributed by atoms with E-state index in [1.165, 1.54) is 0 Å². The fraction of sp³-hybridized carbons (Fsp3) is 0.316. The fourth-order valence-electron chi connectivity index (χ4n) is 2.66. The van der Waals surface area contributed by atoms with Gasteiger partial charge in [-0.1, -0.05) is 29.3 Å². The van der Waals surface area contributed by atoms with Gasteiger partial charge in [0.15, 0.2) is 13.4 Å². The number of halogens is 1. The first kappa shape index (κ1) is 17.6. The molecule has 0 amide bonds. The Kier molecular flexibility index (Phi) is 5.46. The van der Waals surface area contributed by atoms with Gasteiger partial charge >= 0.3 is 5.97 Å². The molecule has 0 bridgehead atoms. The Morgan fingerprint density at radius 1 is 1.24 bits per heavy atom. The molecule has 0 spiro atoms. The van der Waals surface area contributed by atoms with E-state index >= 15 is 0 Å². The van der Waals surface area contributed by atoms with E-state index < -0.39 is 5.97 Å². The van der Waals surface area contributed by atoms with Gasteiger partial charge in [0.1, 0.15) is 18.1 Å². The molecule has 25 heavy (non-hydrogen) atoms. The monoisotopic (exact) mass is 362 g/mol. The lowest BCUT2D eigenvalue weighted by molar-refractivity contribution is -0.147. The minimum atomic E-state index is -0.458. The molecule has 0 saturated carbocycles. The molecule has 0 aliphatic carbocycles. The second-order valence-electron chi connectivity index (χ2n) is 5.88. The quantitative estimate of drug-likeness (QED) is 0.754. The number of carbonyl (C=O) groups excluding carboxylic acids is 1. The van der Waals surface area contributed by atoms with E-state index in [4.69, 9.17) is 30.5 Å². The molecule has 1 aliphatic heterocycles. The molecule has 0 aromatic heterocycles. The van der Waals surface area contributed by atoms with Gasteiger partial charge < -0.3 is 18.9 Å². The van der Waals surface area contributed by atoms with Crippen LogP contribution in [0.3, 0.4) is 0 Å². The number of ether oxygens (including phenoxy) is 4. The highest BCUT2D eigenvalue weighted by molar-refractivity contribution is 6.30. The predicted molar refractivity (Wildman–Crippen MR) is 92.9 cm³/mol. The zero-order valence-corrected chi connectivity index (χ0v) is 14.9. The lowest BCUT2D eigenvalue weighted by Gasteiger charge is -2.21. The van der Waals surface area contributed by atoms with E-state index in [1.807, 2.05) is 32.0 Å². The number of esters is 1. The van der Waals surface area contributed by atoms with Crippen molar-refractivity contribution in [1.82, 2.24) is 0 Å². The van der Waals surface area contributed by atoms with E-state index in [9.17, 15) is 4.79 Å². The van der Waals surface area contributed by atoms with E-state index in [0.29, 0.717) is 28.7 Å². The van der Waals surface area contributed by atoms with Crippen LogP contribution in [0.15, 0.2) is 30.3 Å². The number of hydrogen-bond donors (Lipinski definition) is 0. The van der Waals surface area contributed by atoms with Gasteiger partial charge in [-0.25, -0.2) is 4.79 Å². The van der Waals surface area contributed by atoms with Crippen molar-refractivity contribution < 1.29 is 23.7 Å². The van der Waals surface area contributed by atoms with Crippen LogP contribution in [-0.2, 0) is 27.5 Å². The number of benzene rings is 2. The van der Waals surface area contributed by atoms with Gasteiger partial charge in [0.25, 0.3) is 0 Å². The smallest absolute Gasteiger partial charge is 0.344 e. The summed E-state index contributed by atoms with van der Waals surface area (Å²) < 4.78 is 21.5. The van der Waals surface area contributed by atoms with Crippen LogP contribution < -0.4 is 9.47 Å². The van der Waals surface area contributed by atoms with Crippen LogP contribution in [0.4, 0.5) is 0 Å². The summed E-state index contributed by atoms with van der Waals surface area (Å²) in [6, 6.07) is 9.29. The highest BCUT2D eigenvalue weighted by Crippen LogP contribution is 2.32. The molecular formula is C19H19ClO5. The molecule has 2 aromatic rings. The predicted octanol–water partition coefficient (Wildman–Crippen LogP) is 3.95. The van der Waals surface area contributed by atoms with Crippen LogP contribution in [0.1, 0.15) is 22.3 Å². The maximum absolute atomic E-state index is 12.0. The van der Waals surface area contributed by atoms with E-state index in [0.717, 1.165) is 16.7 Å². The number of hydrogen-bond acceptors (Lipinski definition) is 5. The molecule has 5 nitrogen and oxygen atoms in total. The topological polar surface area (TPSA) is 54.0 Å². The molecule has 0 atom stereocenters. The summed E-state index contributed by atoms with van der Waals surface area (Å²) in [5.74, 6) is 0.877. The summed E-state index contributed by atoms with van der Waals surface area (Å²) in [5, 5.41) is 0.547. The average Bonchev–Trinajstić information content (AvgIpc) is 2.58. The average molecular weight is 363 g/mol. The summed E-state index contributed by atoms with van der Waals surface area (Å²) in [5.41, 5.74) is 3.68. The summed E-state index contributed by atoms with van der Waals surface area (Å²) in [6.45, 7) is 4.45. The first-order valence-corrected chi connectivity index (χ1v) is 8.28. The Morgan fingerprint density at radius 3 is 2.88 bits per heavy atom. The van der Waals surface area contributed by atoms with E-state index in [2.05, 4.69) is 0 Å². The highest BCUT2D eigenvalue weighted by Gasteiger charge is 2.17. The zero-order chi connectivity index (χ0) is 17.8. The minimum absolute atomic E-state index is 0.0674. The van der Waals surface area contributed by atoms with Gasteiger partial charge in [-0.3, -0.25) is 0 Å². The van der Waals surface area contributed by atoms with Crippen LogP contribution in [0.25, 0.3) is 0 Å². The number of carbonyl (C=O) groups is 1. The number of fused-ring (bicyclic) bond motifs is 1. The van der Waals surface area contributed by atoms with Crippen molar-refractivity contribution in [2.24, 2.45) is 0 Å². The molecule has 6 heteroatoms.